The van der Waals surface area contributed by atoms with Crippen molar-refractivity contribution in [3.63, 3.8) is 0 Å². The maximum absolute atomic E-state index is 2.67. The van der Waals surface area contributed by atoms with Crippen molar-refractivity contribution in [1.82, 2.24) is 0 Å². The zero-order chi connectivity index (χ0) is 48.4. The fourth-order valence-corrected chi connectivity index (χ4v) is 19.0. The third-order valence-electron chi connectivity index (χ3n) is 24.9. The van der Waals surface area contributed by atoms with Gasteiger partial charge in [-0.05, 0) is 274 Å². The smallest absolute Gasteiger partial charge is 0.358 e. The molecular weight excluding hydrogens is 1410 g/mol. The van der Waals surface area contributed by atoms with E-state index in [1.165, 1.54) is 70.6 Å². The molecule has 83 heavy (non-hydrogen) atoms. The first kappa shape index (κ1) is 101. The SMILES string of the molecule is C1CCC2C(C1)CCC2CC1CCC2CCCCC21.CC(C)CC1CCC2C=C3CCCC3=CC21.CC1C(C)C(C)C(C)C1C.CC1C(C)C(C)C(C)C1C.CC1CCC2C=C3CCCC3=CC12.[CH3-].[CH3-].[CH3-].[CH3-].[CH3-].[CH3-].[CH3-].[CH3-].[CH3-].[CH3-].[CH3-].[CH3-].[Hf+4].[Hf+4].[Zr+4]. The second-order valence-corrected chi connectivity index (χ2v) is 28.4. The van der Waals surface area contributed by atoms with E-state index in [-0.39, 0.29) is 167 Å². The van der Waals surface area contributed by atoms with E-state index in [1.807, 2.05) is 0 Å². The Morgan fingerprint density at radius 1 is 0.325 bits per heavy atom. The van der Waals surface area contributed by atoms with Crippen LogP contribution in [-0.2, 0) is 77.9 Å². The van der Waals surface area contributed by atoms with Gasteiger partial charge < -0.3 is 89.1 Å². The van der Waals surface area contributed by atoms with E-state index >= 15 is 0 Å². The summed E-state index contributed by atoms with van der Waals surface area (Å²) in [6, 6.07) is 0. The molecule has 0 bridgehead atoms. The maximum Gasteiger partial charge on any atom is 4.00 e. The molecule has 0 heterocycles. The van der Waals surface area contributed by atoms with Gasteiger partial charge in [-0.25, -0.2) is 0 Å². The second kappa shape index (κ2) is 46.6. The van der Waals surface area contributed by atoms with Crippen LogP contribution in [0.1, 0.15) is 244 Å². The predicted octanol–water partition coefficient (Wildman–Crippen LogP) is 26.0. The Morgan fingerprint density at radius 2 is 0.614 bits per heavy atom. The maximum atomic E-state index is 2.67. The molecule has 0 spiro atoms. The monoisotopic (exact) mass is 1560 g/mol. The van der Waals surface area contributed by atoms with Gasteiger partial charge in [-0.2, -0.15) is 0 Å². The number of rotatable bonds is 4. The molecule has 0 nitrogen and oxygen atoms in total. The van der Waals surface area contributed by atoms with E-state index < -0.39 is 0 Å². The molecule has 482 valence electrons. The molecule has 0 N–H and O–H groups in total. The summed E-state index contributed by atoms with van der Waals surface area (Å²) in [6.45, 7) is 31.2. The molecule has 12 aliphatic carbocycles. The van der Waals surface area contributed by atoms with Crippen LogP contribution in [0.5, 0.6) is 0 Å². The van der Waals surface area contributed by atoms with Gasteiger partial charge in [-0.15, -0.1) is 0 Å². The van der Waals surface area contributed by atoms with Crippen LogP contribution < -0.4 is 0 Å². The third kappa shape index (κ3) is 24.2. The topological polar surface area (TPSA) is 0 Å². The summed E-state index contributed by atoms with van der Waals surface area (Å²) in [5.41, 5.74) is 6.84. The van der Waals surface area contributed by atoms with E-state index in [0.717, 1.165) is 136 Å². The van der Waals surface area contributed by atoms with Gasteiger partial charge in [0.05, 0.1) is 0 Å². The number of hydrogen-bond donors (Lipinski definition) is 0. The Balaban J connectivity index is -0.000000138. The molecule has 0 aromatic heterocycles. The Kier molecular flexibility index (Phi) is 56.6. The molecular formula is C80H150Hf2Zr. The van der Waals surface area contributed by atoms with Crippen LogP contribution in [-0.4, -0.2) is 0 Å². The first-order chi connectivity index (χ1) is 32.6. The van der Waals surface area contributed by atoms with Crippen molar-refractivity contribution in [2.24, 2.45) is 136 Å². The molecule has 12 rings (SSSR count). The molecule has 10 saturated carbocycles. The molecule has 0 aliphatic heterocycles. The fourth-order valence-electron chi connectivity index (χ4n) is 19.0. The molecule has 0 radical (unpaired) electrons. The summed E-state index contributed by atoms with van der Waals surface area (Å²) in [7, 11) is 0. The number of allylic oxidation sites excluding steroid dienone is 8. The van der Waals surface area contributed by atoms with E-state index in [9.17, 15) is 0 Å². The van der Waals surface area contributed by atoms with E-state index in [2.05, 4.69) is 114 Å². The van der Waals surface area contributed by atoms with E-state index in [0.29, 0.717) is 0 Å². The van der Waals surface area contributed by atoms with Gasteiger partial charge in [0.1, 0.15) is 0 Å². The van der Waals surface area contributed by atoms with Crippen LogP contribution in [0.2, 0.25) is 0 Å². The minimum absolute atomic E-state index is 0. The molecule has 10 fully saturated rings. The third-order valence-corrected chi connectivity index (χ3v) is 24.9. The summed E-state index contributed by atoms with van der Waals surface area (Å²) >= 11 is 0. The fraction of sp³-hybridized carbons (Fsp3) is 0.750. The molecule has 0 saturated heterocycles. The predicted molar refractivity (Wildman–Crippen MR) is 374 cm³/mol. The van der Waals surface area contributed by atoms with Crippen LogP contribution in [0.25, 0.3) is 0 Å². The van der Waals surface area contributed by atoms with Crippen molar-refractivity contribution in [3.8, 4) is 0 Å². The minimum atomic E-state index is 0. The average molecular weight is 1560 g/mol. The number of hydrogen-bond acceptors (Lipinski definition) is 0. The molecule has 12 unspecified atom stereocenters. The van der Waals surface area contributed by atoms with Crippen LogP contribution in [0.15, 0.2) is 46.6 Å². The standard InChI is InChI=1S/C19H32.C16H24.C13H18.2C10H20.12CH3.2Hf.Zr/c1-3-7-18-14(5-1)9-11-16(18)13-17-12-10-15-6-2-4-8-19(15)17;1-11(2)8-14-6-7-15-9-12-4-3-5-13(12)10-16(14)15;1-9-5-6-12-7-10-3-2-4-11(10)8-13(9)12;2*1-6-7(2)9(4)10(5)8(6)3;;;;;;;;;;;;;;;/h14-19H,1-13H2;9-11,14-16H,3-8H2,1-2H3;7-9,12-13H,2-6H2,1H3;2*6-10H,1-5H3;12*1H3;;;/q;;;;;12*-1;3*+4. The molecule has 0 aromatic rings. The minimum Gasteiger partial charge on any atom is -0.358 e. The Labute approximate surface area is 588 Å². The van der Waals surface area contributed by atoms with Crippen LogP contribution in [0.3, 0.4) is 0 Å². The Morgan fingerprint density at radius 3 is 0.964 bits per heavy atom. The van der Waals surface area contributed by atoms with Crippen molar-refractivity contribution < 1.29 is 77.9 Å². The Bertz CT molecular complexity index is 1590. The summed E-state index contributed by atoms with van der Waals surface area (Å²) in [4.78, 5) is 0. The summed E-state index contributed by atoms with van der Waals surface area (Å²) in [6.07, 6.45) is 46.6. The van der Waals surface area contributed by atoms with Crippen molar-refractivity contribution in [3.05, 3.63) is 136 Å². The van der Waals surface area contributed by atoms with Crippen LogP contribution >= 0.6 is 0 Å². The first-order valence-corrected chi connectivity index (χ1v) is 31.4. The first-order valence-electron chi connectivity index (χ1n) is 31.4. The van der Waals surface area contributed by atoms with Crippen LogP contribution in [0.4, 0.5) is 0 Å². The molecule has 12 atom stereocenters. The quantitative estimate of drug-likeness (QED) is 0.194. The zero-order valence-electron chi connectivity index (χ0n) is 61.1. The zero-order valence-corrected chi connectivity index (χ0v) is 70.7. The molecule has 12 aliphatic rings. The van der Waals surface area contributed by atoms with Gasteiger partial charge in [0.25, 0.3) is 0 Å². The van der Waals surface area contributed by atoms with Crippen molar-refractivity contribution in [1.29, 1.82) is 0 Å². The summed E-state index contributed by atoms with van der Waals surface area (Å²) in [5.74, 6) is 22.7. The average Bonchev–Trinajstić information content (AvgIpc) is 4.25. The second-order valence-electron chi connectivity index (χ2n) is 28.4. The van der Waals surface area contributed by atoms with Crippen molar-refractivity contribution >= 4 is 0 Å². The summed E-state index contributed by atoms with van der Waals surface area (Å²) in [5, 5.41) is 0. The van der Waals surface area contributed by atoms with Gasteiger partial charge in [0.2, 0.25) is 0 Å². The molecule has 0 amide bonds. The molecule has 3 heteroatoms. The van der Waals surface area contributed by atoms with Gasteiger partial charge in [-0.3, -0.25) is 0 Å². The van der Waals surface area contributed by atoms with Crippen molar-refractivity contribution in [2.45, 2.75) is 244 Å². The van der Waals surface area contributed by atoms with E-state index in [4.69, 9.17) is 0 Å². The Hall–Kier alpha value is 1.58. The van der Waals surface area contributed by atoms with Gasteiger partial charge in [-0.1, -0.05) is 153 Å². The van der Waals surface area contributed by atoms with Crippen LogP contribution in [0, 0.1) is 225 Å². The largest absolute Gasteiger partial charge is 4.00 e. The normalized spacial score (nSPS) is 38.6. The van der Waals surface area contributed by atoms with Gasteiger partial charge in [0.15, 0.2) is 0 Å². The van der Waals surface area contributed by atoms with E-state index in [1.54, 1.807) is 106 Å². The van der Waals surface area contributed by atoms with Gasteiger partial charge >= 0.3 is 77.9 Å². The van der Waals surface area contributed by atoms with Gasteiger partial charge in [0, 0.05) is 0 Å². The van der Waals surface area contributed by atoms with Crippen molar-refractivity contribution in [2.75, 3.05) is 0 Å². The number of fused-ring (bicyclic) bond motifs is 6. The summed E-state index contributed by atoms with van der Waals surface area (Å²) < 4.78 is 0. The molecule has 0 aromatic carbocycles.